The smallest absolute Gasteiger partial charge is 0.129 e. The maximum atomic E-state index is 8.95. The normalized spacial score (nSPS) is 10.6. The highest BCUT2D eigenvalue weighted by molar-refractivity contribution is 7.15. The lowest BCUT2D eigenvalue weighted by Crippen LogP contribution is -1.94. The van der Waals surface area contributed by atoms with Crippen LogP contribution in [0.5, 0.6) is 5.75 Å². The lowest BCUT2D eigenvalue weighted by atomic mass is 10.1. The van der Waals surface area contributed by atoms with Crippen molar-refractivity contribution in [3.8, 4) is 22.4 Å². The van der Waals surface area contributed by atoms with Gasteiger partial charge in [0.05, 0.1) is 30.4 Å². The Morgan fingerprint density at radius 3 is 2.75 bits per heavy atom. The Labute approximate surface area is 123 Å². The van der Waals surface area contributed by atoms with Crippen molar-refractivity contribution in [1.29, 1.82) is 5.26 Å². The third-order valence-corrected chi connectivity index (χ3v) is 4.04. The summed E-state index contributed by atoms with van der Waals surface area (Å²) in [7, 11) is 0. The Kier molecular flexibility index (Phi) is 4.75. The highest BCUT2D eigenvalue weighted by Crippen LogP contribution is 2.36. The molecule has 20 heavy (non-hydrogen) atoms. The molecule has 0 aliphatic heterocycles. The summed E-state index contributed by atoms with van der Waals surface area (Å²) in [5.74, 6) is 1.17. The molecule has 0 saturated heterocycles. The second-order valence-electron chi connectivity index (χ2n) is 4.75. The summed E-state index contributed by atoms with van der Waals surface area (Å²) in [6, 6.07) is 10.1. The Morgan fingerprint density at radius 2 is 2.10 bits per heavy atom. The number of hydrogen-bond acceptors (Lipinski definition) is 4. The van der Waals surface area contributed by atoms with Gasteiger partial charge in [-0.2, -0.15) is 5.26 Å². The number of para-hydroxylation sites is 1. The predicted molar refractivity (Wildman–Crippen MR) is 82.1 cm³/mol. The van der Waals surface area contributed by atoms with E-state index in [2.05, 4.69) is 19.9 Å². The summed E-state index contributed by atoms with van der Waals surface area (Å²) in [5, 5.41) is 9.88. The number of hydrogen-bond donors (Lipinski definition) is 0. The van der Waals surface area contributed by atoms with Gasteiger partial charge in [-0.1, -0.05) is 26.0 Å². The number of nitrogens with zero attached hydrogens (tertiary/aromatic N) is 2. The Balaban J connectivity index is 2.48. The number of thiazole rings is 1. The molecule has 0 amide bonds. The maximum absolute atomic E-state index is 8.95. The standard InChI is InChI=1S/C16H18N2OS/c1-4-19-13-8-6-5-7-12(13)16-18-15(11(2)3)14(20-16)9-10-17/h5-8,11H,4,9H2,1-3H3. The first kappa shape index (κ1) is 14.5. The first-order valence-electron chi connectivity index (χ1n) is 6.76. The Hall–Kier alpha value is -1.86. The summed E-state index contributed by atoms with van der Waals surface area (Å²) in [5.41, 5.74) is 2.03. The molecule has 0 bridgehead atoms. The first-order chi connectivity index (χ1) is 9.67. The van der Waals surface area contributed by atoms with Gasteiger partial charge in [-0.3, -0.25) is 0 Å². The quantitative estimate of drug-likeness (QED) is 0.818. The van der Waals surface area contributed by atoms with Crippen molar-refractivity contribution in [1.82, 2.24) is 4.98 Å². The van der Waals surface area contributed by atoms with Crippen LogP contribution < -0.4 is 4.74 Å². The topological polar surface area (TPSA) is 45.9 Å². The third kappa shape index (κ3) is 3.00. The second kappa shape index (κ2) is 6.53. The van der Waals surface area contributed by atoms with E-state index in [1.807, 2.05) is 31.2 Å². The predicted octanol–water partition coefficient (Wildman–Crippen LogP) is 4.40. The van der Waals surface area contributed by atoms with Gasteiger partial charge in [0.2, 0.25) is 0 Å². The zero-order chi connectivity index (χ0) is 14.5. The lowest BCUT2D eigenvalue weighted by Gasteiger charge is -2.07. The van der Waals surface area contributed by atoms with Gasteiger partial charge in [0.1, 0.15) is 10.8 Å². The monoisotopic (exact) mass is 286 g/mol. The number of rotatable bonds is 5. The molecule has 0 N–H and O–H groups in total. The van der Waals surface area contributed by atoms with Crippen molar-refractivity contribution in [2.45, 2.75) is 33.1 Å². The molecule has 104 valence electrons. The molecule has 3 nitrogen and oxygen atoms in total. The number of benzene rings is 1. The van der Waals surface area contributed by atoms with E-state index in [9.17, 15) is 0 Å². The average Bonchev–Trinajstić information content (AvgIpc) is 2.84. The highest BCUT2D eigenvalue weighted by atomic mass is 32.1. The van der Waals surface area contributed by atoms with E-state index < -0.39 is 0 Å². The fraction of sp³-hybridized carbons (Fsp3) is 0.375. The Morgan fingerprint density at radius 1 is 1.35 bits per heavy atom. The molecule has 0 saturated carbocycles. The molecule has 0 fully saturated rings. The van der Waals surface area contributed by atoms with Crippen LogP contribution in [-0.2, 0) is 6.42 Å². The molecule has 0 radical (unpaired) electrons. The second-order valence-corrected chi connectivity index (χ2v) is 5.83. The van der Waals surface area contributed by atoms with Gasteiger partial charge < -0.3 is 4.74 Å². The zero-order valence-corrected chi connectivity index (χ0v) is 12.8. The van der Waals surface area contributed by atoms with Crippen molar-refractivity contribution >= 4 is 11.3 Å². The third-order valence-electron chi connectivity index (χ3n) is 2.93. The van der Waals surface area contributed by atoms with Crippen molar-refractivity contribution in [2.75, 3.05) is 6.61 Å². The van der Waals surface area contributed by atoms with E-state index in [-0.39, 0.29) is 0 Å². The summed E-state index contributed by atoms with van der Waals surface area (Å²) in [6.07, 6.45) is 0.419. The Bertz CT molecular complexity index is 626. The number of aromatic nitrogens is 1. The van der Waals surface area contributed by atoms with Gasteiger partial charge in [0.15, 0.2) is 0 Å². The van der Waals surface area contributed by atoms with Crippen LogP contribution in [0.4, 0.5) is 0 Å². The minimum Gasteiger partial charge on any atom is -0.493 e. The molecule has 0 aliphatic rings. The summed E-state index contributed by atoms with van der Waals surface area (Å²) < 4.78 is 5.66. The zero-order valence-electron chi connectivity index (χ0n) is 12.0. The van der Waals surface area contributed by atoms with Gasteiger partial charge in [-0.05, 0) is 25.0 Å². The van der Waals surface area contributed by atoms with Crippen LogP contribution in [0.15, 0.2) is 24.3 Å². The molecule has 0 unspecified atom stereocenters. The van der Waals surface area contributed by atoms with E-state index in [1.165, 1.54) is 0 Å². The van der Waals surface area contributed by atoms with Gasteiger partial charge >= 0.3 is 0 Å². The SMILES string of the molecule is CCOc1ccccc1-c1nc(C(C)C)c(CC#N)s1. The minimum absolute atomic E-state index is 0.322. The largest absolute Gasteiger partial charge is 0.493 e. The van der Waals surface area contributed by atoms with E-state index >= 15 is 0 Å². The summed E-state index contributed by atoms with van der Waals surface area (Å²) >= 11 is 1.59. The minimum atomic E-state index is 0.322. The van der Waals surface area contributed by atoms with Crippen LogP contribution in [-0.4, -0.2) is 11.6 Å². The molecule has 0 aliphatic carbocycles. The molecule has 1 heterocycles. The first-order valence-corrected chi connectivity index (χ1v) is 7.57. The molecular weight excluding hydrogens is 268 g/mol. The fourth-order valence-electron chi connectivity index (χ4n) is 2.05. The van der Waals surface area contributed by atoms with Crippen molar-refractivity contribution in [3.63, 3.8) is 0 Å². The van der Waals surface area contributed by atoms with Crippen LogP contribution in [0.1, 0.15) is 37.3 Å². The van der Waals surface area contributed by atoms with Crippen molar-refractivity contribution in [2.24, 2.45) is 0 Å². The van der Waals surface area contributed by atoms with E-state index in [4.69, 9.17) is 15.0 Å². The molecule has 2 rings (SSSR count). The van der Waals surface area contributed by atoms with Gasteiger partial charge in [0, 0.05) is 4.88 Å². The number of nitriles is 1. The van der Waals surface area contributed by atoms with Gasteiger partial charge in [-0.15, -0.1) is 11.3 Å². The molecule has 4 heteroatoms. The van der Waals surface area contributed by atoms with Crippen LogP contribution in [0.2, 0.25) is 0 Å². The van der Waals surface area contributed by atoms with Crippen molar-refractivity contribution < 1.29 is 4.74 Å². The van der Waals surface area contributed by atoms with Crippen LogP contribution in [0, 0.1) is 11.3 Å². The van der Waals surface area contributed by atoms with Gasteiger partial charge in [-0.25, -0.2) is 4.98 Å². The lowest BCUT2D eigenvalue weighted by molar-refractivity contribution is 0.341. The molecule has 1 aromatic heterocycles. The van der Waals surface area contributed by atoms with E-state index in [0.717, 1.165) is 26.9 Å². The maximum Gasteiger partial charge on any atom is 0.129 e. The molecule has 1 aromatic carbocycles. The molecule has 0 atom stereocenters. The van der Waals surface area contributed by atoms with Crippen molar-refractivity contribution in [3.05, 3.63) is 34.8 Å². The van der Waals surface area contributed by atoms with E-state index in [0.29, 0.717) is 18.9 Å². The molecular formula is C16H18N2OS. The van der Waals surface area contributed by atoms with Gasteiger partial charge in [0.25, 0.3) is 0 Å². The number of ether oxygens (including phenoxy) is 1. The highest BCUT2D eigenvalue weighted by Gasteiger charge is 2.17. The fourth-order valence-corrected chi connectivity index (χ4v) is 3.23. The van der Waals surface area contributed by atoms with E-state index in [1.54, 1.807) is 11.3 Å². The molecule has 2 aromatic rings. The summed E-state index contributed by atoms with van der Waals surface area (Å²) in [4.78, 5) is 5.79. The average molecular weight is 286 g/mol. The summed E-state index contributed by atoms with van der Waals surface area (Å²) in [6.45, 7) is 6.81. The van der Waals surface area contributed by atoms with Crippen LogP contribution >= 0.6 is 11.3 Å². The van der Waals surface area contributed by atoms with Crippen LogP contribution in [0.3, 0.4) is 0 Å². The van der Waals surface area contributed by atoms with Crippen LogP contribution in [0.25, 0.3) is 10.6 Å². The molecule has 0 spiro atoms.